The topological polar surface area (TPSA) is 92.2 Å². The first-order chi connectivity index (χ1) is 5.59. The number of carboxylic acid groups (broad SMARTS) is 1. The van der Waals surface area contributed by atoms with Crippen LogP contribution in [0, 0.1) is 0 Å². The number of nitrogens with one attached hydrogen (secondary N) is 1. The molecule has 0 aliphatic heterocycles. The summed E-state index contributed by atoms with van der Waals surface area (Å²) in [5.74, 6) is -1.18. The molecule has 0 atom stereocenters. The maximum Gasteiger partial charge on any atom is 0.325 e. The number of carboxylic acids is 1. The largest absolute Gasteiger partial charge is 0.480 e. The van der Waals surface area contributed by atoms with Crippen LogP contribution in [-0.2, 0) is 11.3 Å². The highest BCUT2D eigenvalue weighted by Crippen LogP contribution is 1.71. The number of aromatic nitrogens is 2. The molecule has 0 aliphatic carbocycles. The van der Waals surface area contributed by atoms with E-state index in [1.807, 2.05) is 0 Å². The molecule has 0 radical (unpaired) electrons. The highest BCUT2D eigenvalue weighted by Gasteiger charge is 2.00. The molecule has 0 fully saturated rings. The molecule has 0 unspecified atom stereocenters. The molecule has 2 N–H and O–H groups in total. The van der Waals surface area contributed by atoms with E-state index in [1.165, 1.54) is 0 Å². The van der Waals surface area contributed by atoms with Gasteiger partial charge >= 0.3 is 5.97 Å². The van der Waals surface area contributed by atoms with Crippen LogP contribution in [0.25, 0.3) is 0 Å². The number of hydrogen-bond acceptors (Lipinski definition) is 3. The van der Waals surface area contributed by atoms with E-state index in [-0.39, 0.29) is 0 Å². The fraction of sp³-hybridized carbons (Fsp3) is 0.167. The molecule has 6 heteroatoms. The van der Waals surface area contributed by atoms with Crippen LogP contribution in [0.2, 0.25) is 0 Å². The van der Waals surface area contributed by atoms with Crippen molar-refractivity contribution in [2.24, 2.45) is 0 Å². The van der Waals surface area contributed by atoms with Crippen LogP contribution in [-0.4, -0.2) is 20.9 Å². The minimum absolute atomic E-state index is 0.504. The zero-order valence-corrected chi connectivity index (χ0v) is 5.98. The van der Waals surface area contributed by atoms with Crippen LogP contribution < -0.4 is 11.1 Å². The predicted molar refractivity (Wildman–Crippen MR) is 39.0 cm³/mol. The van der Waals surface area contributed by atoms with Gasteiger partial charge in [0.05, 0.1) is 0 Å². The average molecular weight is 170 g/mol. The molecule has 0 aliphatic rings. The molecule has 12 heavy (non-hydrogen) atoms. The summed E-state index contributed by atoms with van der Waals surface area (Å²) >= 11 is 0. The second kappa shape index (κ2) is 3.04. The number of nitrogens with zero attached hydrogens (tertiary/aromatic N) is 1. The Balaban J connectivity index is 3.14. The van der Waals surface area contributed by atoms with Gasteiger partial charge in [-0.1, -0.05) is 0 Å². The van der Waals surface area contributed by atoms with Crippen molar-refractivity contribution in [1.82, 2.24) is 9.78 Å². The van der Waals surface area contributed by atoms with Crippen LogP contribution in [0.15, 0.2) is 21.7 Å². The summed E-state index contributed by atoms with van der Waals surface area (Å²) in [6.45, 7) is -0.533. The first-order valence-electron chi connectivity index (χ1n) is 3.11. The van der Waals surface area contributed by atoms with Gasteiger partial charge in [-0.2, -0.15) is 0 Å². The third-order valence-corrected chi connectivity index (χ3v) is 1.18. The van der Waals surface area contributed by atoms with Crippen LogP contribution in [0.4, 0.5) is 0 Å². The summed E-state index contributed by atoms with van der Waals surface area (Å²) in [6.07, 6.45) is 0. The molecular weight excluding hydrogens is 164 g/mol. The molecule has 0 aromatic carbocycles. The Labute approximate surface area is 66.1 Å². The zero-order chi connectivity index (χ0) is 9.14. The highest BCUT2D eigenvalue weighted by molar-refractivity contribution is 5.66. The number of aliphatic carboxylic acids is 1. The van der Waals surface area contributed by atoms with E-state index in [1.54, 1.807) is 0 Å². The first kappa shape index (κ1) is 8.25. The Morgan fingerprint density at radius 1 is 1.50 bits per heavy atom. The van der Waals surface area contributed by atoms with E-state index < -0.39 is 23.6 Å². The lowest BCUT2D eigenvalue weighted by Crippen LogP contribution is -2.30. The van der Waals surface area contributed by atoms with Crippen LogP contribution in [0.5, 0.6) is 0 Å². The lowest BCUT2D eigenvalue weighted by Gasteiger charge is -1.98. The molecule has 0 saturated heterocycles. The van der Waals surface area contributed by atoms with Crippen molar-refractivity contribution in [2.45, 2.75) is 6.54 Å². The maximum atomic E-state index is 10.8. The molecule has 64 valence electrons. The smallest absolute Gasteiger partial charge is 0.325 e. The van der Waals surface area contributed by atoms with E-state index in [9.17, 15) is 14.4 Å². The minimum Gasteiger partial charge on any atom is -0.480 e. The summed E-state index contributed by atoms with van der Waals surface area (Å²) in [5, 5.41) is 10.4. The summed E-state index contributed by atoms with van der Waals surface area (Å²) < 4.78 is 0.727. The van der Waals surface area contributed by atoms with Gasteiger partial charge in [-0.15, -0.1) is 0 Å². The van der Waals surface area contributed by atoms with Crippen molar-refractivity contribution in [3.63, 3.8) is 0 Å². The van der Waals surface area contributed by atoms with Crippen molar-refractivity contribution in [2.75, 3.05) is 0 Å². The first-order valence-corrected chi connectivity index (χ1v) is 3.11. The molecule has 1 aromatic heterocycles. The summed E-state index contributed by atoms with van der Waals surface area (Å²) in [7, 11) is 0. The van der Waals surface area contributed by atoms with E-state index in [4.69, 9.17) is 5.11 Å². The molecule has 0 saturated carbocycles. The Hall–Kier alpha value is -1.85. The van der Waals surface area contributed by atoms with Gasteiger partial charge in [0.2, 0.25) is 0 Å². The highest BCUT2D eigenvalue weighted by atomic mass is 16.4. The Morgan fingerprint density at radius 2 is 2.17 bits per heavy atom. The van der Waals surface area contributed by atoms with Crippen molar-refractivity contribution in [3.05, 3.63) is 32.8 Å². The third kappa shape index (κ3) is 1.82. The minimum atomic E-state index is -1.18. The molecule has 1 heterocycles. The normalized spacial score (nSPS) is 9.67. The van der Waals surface area contributed by atoms with Gasteiger partial charge in [0.15, 0.2) is 0 Å². The average Bonchev–Trinajstić information content (AvgIpc) is 1.96. The quantitative estimate of drug-likeness (QED) is 0.572. The lowest BCUT2D eigenvalue weighted by molar-refractivity contribution is -0.138. The summed E-state index contributed by atoms with van der Waals surface area (Å²) in [6, 6.07) is 2.06. The number of aromatic amines is 1. The molecule has 0 spiro atoms. The van der Waals surface area contributed by atoms with E-state index in [0.29, 0.717) is 0 Å². The van der Waals surface area contributed by atoms with E-state index in [2.05, 4.69) is 5.10 Å². The molecule has 0 amide bonds. The SMILES string of the molecule is O=C(O)Cn1[nH]c(=O)ccc1=O. The fourth-order valence-electron chi connectivity index (χ4n) is 0.715. The Bertz CT molecular complexity index is 402. The maximum absolute atomic E-state index is 10.8. The van der Waals surface area contributed by atoms with Crippen molar-refractivity contribution in [3.8, 4) is 0 Å². The van der Waals surface area contributed by atoms with E-state index >= 15 is 0 Å². The third-order valence-electron chi connectivity index (χ3n) is 1.18. The summed E-state index contributed by atoms with van der Waals surface area (Å²) in [4.78, 5) is 31.6. The molecule has 6 nitrogen and oxygen atoms in total. The standard InChI is InChI=1S/C6H6N2O4/c9-4-1-2-5(10)8(7-4)3-6(11)12/h1-2H,3H2,(H,7,9)(H,11,12). The van der Waals surface area contributed by atoms with Crippen molar-refractivity contribution in [1.29, 1.82) is 0 Å². The van der Waals surface area contributed by atoms with Gasteiger partial charge in [0.1, 0.15) is 6.54 Å². The summed E-state index contributed by atoms with van der Waals surface area (Å²) in [5.41, 5.74) is -1.05. The molecule has 1 aromatic rings. The Morgan fingerprint density at radius 3 is 2.75 bits per heavy atom. The van der Waals surface area contributed by atoms with E-state index in [0.717, 1.165) is 16.8 Å². The van der Waals surface area contributed by atoms with Crippen molar-refractivity contribution < 1.29 is 9.90 Å². The number of rotatable bonds is 2. The van der Waals surface area contributed by atoms with Crippen LogP contribution >= 0.6 is 0 Å². The van der Waals surface area contributed by atoms with Gasteiger partial charge in [0.25, 0.3) is 11.1 Å². The number of carbonyl (C=O) groups is 1. The number of hydrogen-bond donors (Lipinski definition) is 2. The van der Waals surface area contributed by atoms with Crippen LogP contribution in [0.3, 0.4) is 0 Å². The second-order valence-corrected chi connectivity index (χ2v) is 2.13. The van der Waals surface area contributed by atoms with Crippen molar-refractivity contribution >= 4 is 5.97 Å². The van der Waals surface area contributed by atoms with Gasteiger partial charge in [-0.25, -0.2) is 4.68 Å². The van der Waals surface area contributed by atoms with Gasteiger partial charge < -0.3 is 5.11 Å². The molecule has 0 bridgehead atoms. The van der Waals surface area contributed by atoms with Crippen LogP contribution in [0.1, 0.15) is 0 Å². The number of H-pyrrole nitrogens is 1. The fourth-order valence-corrected chi connectivity index (χ4v) is 0.715. The van der Waals surface area contributed by atoms with Gasteiger partial charge in [-0.3, -0.25) is 19.5 Å². The lowest BCUT2D eigenvalue weighted by atomic mass is 10.5. The second-order valence-electron chi connectivity index (χ2n) is 2.13. The van der Waals surface area contributed by atoms with Gasteiger partial charge in [0, 0.05) is 12.1 Å². The zero-order valence-electron chi connectivity index (χ0n) is 5.98. The monoisotopic (exact) mass is 170 g/mol. The van der Waals surface area contributed by atoms with Gasteiger partial charge in [-0.05, 0) is 0 Å². The molecule has 1 rings (SSSR count). The Kier molecular flexibility index (Phi) is 2.09. The molecular formula is C6H6N2O4. The predicted octanol–water partition coefficient (Wildman–Crippen LogP) is -1.38.